The number of aryl methyl sites for hydroxylation is 2. The number of nitrogens with one attached hydrogen (secondary N) is 1. The van der Waals surface area contributed by atoms with Crippen LogP contribution in [0.2, 0.25) is 0 Å². The predicted octanol–water partition coefficient (Wildman–Crippen LogP) is 4.54. The summed E-state index contributed by atoms with van der Waals surface area (Å²) in [4.78, 5) is 2.00. The van der Waals surface area contributed by atoms with E-state index < -0.39 is 0 Å². The lowest BCUT2D eigenvalue weighted by atomic mass is 10.1. The van der Waals surface area contributed by atoms with Gasteiger partial charge in [-0.3, -0.25) is 0 Å². The smallest absolute Gasteiger partial charge is 0.173 e. The lowest BCUT2D eigenvalue weighted by Crippen LogP contribution is -2.30. The van der Waals surface area contributed by atoms with Gasteiger partial charge in [0.15, 0.2) is 16.6 Å². The third-order valence-electron chi connectivity index (χ3n) is 3.77. The summed E-state index contributed by atoms with van der Waals surface area (Å²) < 4.78 is 11.0. The molecule has 0 aromatic heterocycles. The zero-order chi connectivity index (χ0) is 18.4. The van der Waals surface area contributed by atoms with Crippen molar-refractivity contribution < 1.29 is 9.47 Å². The summed E-state index contributed by atoms with van der Waals surface area (Å²) in [5, 5.41) is 3.98. The maximum absolute atomic E-state index is 5.56. The van der Waals surface area contributed by atoms with Gasteiger partial charge >= 0.3 is 0 Å². The van der Waals surface area contributed by atoms with Crippen LogP contribution in [0, 0.1) is 13.8 Å². The van der Waals surface area contributed by atoms with Gasteiger partial charge in [0.25, 0.3) is 0 Å². The Balaban J connectivity index is 2.05. The number of rotatable bonds is 6. The topological polar surface area (TPSA) is 33.7 Å². The first kappa shape index (κ1) is 19.1. The average Bonchev–Trinajstić information content (AvgIpc) is 2.55. The number of hydrogen-bond donors (Lipinski definition) is 1. The lowest BCUT2D eigenvalue weighted by molar-refractivity contribution is 0.310. The molecule has 0 aliphatic rings. The van der Waals surface area contributed by atoms with Gasteiger partial charge in [-0.15, -0.1) is 0 Å². The van der Waals surface area contributed by atoms with E-state index in [0.717, 1.165) is 22.7 Å². The average molecular weight is 359 g/mol. The summed E-state index contributed by atoms with van der Waals surface area (Å²) in [7, 11) is 3.62. The first-order valence-electron chi connectivity index (χ1n) is 8.33. The highest BCUT2D eigenvalue weighted by molar-refractivity contribution is 7.80. The molecule has 2 aromatic rings. The van der Waals surface area contributed by atoms with Crippen LogP contribution in [0.1, 0.15) is 23.6 Å². The molecular weight excluding hydrogens is 332 g/mol. The van der Waals surface area contributed by atoms with E-state index in [-0.39, 0.29) is 0 Å². The zero-order valence-electron chi connectivity index (χ0n) is 15.6. The second kappa shape index (κ2) is 8.72. The summed E-state index contributed by atoms with van der Waals surface area (Å²) in [6.07, 6.45) is 0. The second-order valence-corrected chi connectivity index (χ2v) is 6.47. The van der Waals surface area contributed by atoms with Crippen LogP contribution in [0.25, 0.3) is 0 Å². The van der Waals surface area contributed by atoms with Crippen molar-refractivity contribution in [3.05, 3.63) is 53.1 Å². The molecule has 0 saturated heterocycles. The van der Waals surface area contributed by atoms with Crippen molar-refractivity contribution in [3.63, 3.8) is 0 Å². The molecule has 5 heteroatoms. The Bertz CT molecular complexity index is 726. The van der Waals surface area contributed by atoms with Gasteiger partial charge in [0.2, 0.25) is 0 Å². The van der Waals surface area contributed by atoms with Gasteiger partial charge in [0.1, 0.15) is 0 Å². The van der Waals surface area contributed by atoms with Crippen molar-refractivity contribution in [2.75, 3.05) is 26.1 Å². The first-order valence-corrected chi connectivity index (χ1v) is 8.74. The van der Waals surface area contributed by atoms with E-state index in [0.29, 0.717) is 18.3 Å². The van der Waals surface area contributed by atoms with Gasteiger partial charge < -0.3 is 19.7 Å². The Morgan fingerprint density at radius 3 is 2.36 bits per heavy atom. The van der Waals surface area contributed by atoms with Crippen molar-refractivity contribution >= 4 is 23.0 Å². The van der Waals surface area contributed by atoms with Crippen LogP contribution in [0.3, 0.4) is 0 Å². The molecule has 0 spiro atoms. The minimum Gasteiger partial charge on any atom is -0.493 e. The summed E-state index contributed by atoms with van der Waals surface area (Å²) >= 11 is 5.53. The monoisotopic (exact) mass is 358 g/mol. The maximum atomic E-state index is 5.56. The van der Waals surface area contributed by atoms with Crippen molar-refractivity contribution in [2.24, 2.45) is 0 Å². The van der Waals surface area contributed by atoms with Crippen LogP contribution in [0.15, 0.2) is 36.4 Å². The standard InChI is InChI=1S/C20H26N2O2S/c1-6-24-18-8-7-16(12-19(18)23-5)13-22(4)20(25)21-17-10-14(2)9-15(3)11-17/h7-12H,6,13H2,1-5H3,(H,21,25). The second-order valence-electron chi connectivity index (χ2n) is 6.08. The number of hydrogen-bond acceptors (Lipinski definition) is 3. The Morgan fingerprint density at radius 2 is 1.76 bits per heavy atom. The molecule has 2 rings (SSSR count). The van der Waals surface area contributed by atoms with E-state index in [1.54, 1.807) is 7.11 Å². The van der Waals surface area contributed by atoms with Crippen molar-refractivity contribution in [2.45, 2.75) is 27.3 Å². The van der Waals surface area contributed by atoms with Crippen LogP contribution < -0.4 is 14.8 Å². The third kappa shape index (κ3) is 5.36. The van der Waals surface area contributed by atoms with Gasteiger partial charge in [-0.05, 0) is 73.9 Å². The van der Waals surface area contributed by atoms with Gasteiger partial charge in [0.05, 0.1) is 13.7 Å². The van der Waals surface area contributed by atoms with Gasteiger partial charge in [0, 0.05) is 19.3 Å². The molecule has 134 valence electrons. The molecule has 0 amide bonds. The molecular formula is C20H26N2O2S. The molecule has 2 aromatic carbocycles. The quantitative estimate of drug-likeness (QED) is 0.767. The molecule has 25 heavy (non-hydrogen) atoms. The van der Waals surface area contributed by atoms with Crippen molar-refractivity contribution in [1.29, 1.82) is 0 Å². The largest absolute Gasteiger partial charge is 0.493 e. The molecule has 0 unspecified atom stereocenters. The normalized spacial score (nSPS) is 10.3. The SMILES string of the molecule is CCOc1ccc(CN(C)C(=S)Nc2cc(C)cc(C)c2)cc1OC. The lowest BCUT2D eigenvalue weighted by Gasteiger charge is -2.22. The van der Waals surface area contributed by atoms with E-state index in [1.165, 1.54) is 11.1 Å². The highest BCUT2D eigenvalue weighted by Gasteiger charge is 2.10. The predicted molar refractivity (Wildman–Crippen MR) is 108 cm³/mol. The Labute approximate surface area is 155 Å². The Morgan fingerprint density at radius 1 is 1.08 bits per heavy atom. The maximum Gasteiger partial charge on any atom is 0.173 e. The minimum absolute atomic E-state index is 0.611. The van der Waals surface area contributed by atoms with Crippen LogP contribution in [-0.2, 0) is 6.54 Å². The molecule has 0 atom stereocenters. The molecule has 0 aliphatic heterocycles. The molecule has 1 N–H and O–H groups in total. The van der Waals surface area contributed by atoms with Crippen molar-refractivity contribution in [1.82, 2.24) is 4.90 Å². The molecule has 0 bridgehead atoms. The summed E-state index contributed by atoms with van der Waals surface area (Å²) in [5.74, 6) is 1.49. The number of benzene rings is 2. The summed E-state index contributed by atoms with van der Waals surface area (Å²) in [6.45, 7) is 7.41. The third-order valence-corrected chi connectivity index (χ3v) is 4.18. The Hall–Kier alpha value is -2.27. The summed E-state index contributed by atoms with van der Waals surface area (Å²) in [6, 6.07) is 12.3. The van der Waals surface area contributed by atoms with Crippen molar-refractivity contribution in [3.8, 4) is 11.5 Å². The van der Waals surface area contributed by atoms with Crippen LogP contribution >= 0.6 is 12.2 Å². The van der Waals surface area contributed by atoms with Crippen LogP contribution in [0.5, 0.6) is 11.5 Å². The van der Waals surface area contributed by atoms with Gasteiger partial charge in [-0.1, -0.05) is 12.1 Å². The van der Waals surface area contributed by atoms with E-state index in [4.69, 9.17) is 21.7 Å². The number of nitrogens with zero attached hydrogens (tertiary/aromatic N) is 1. The molecule has 0 fully saturated rings. The van der Waals surface area contributed by atoms with Gasteiger partial charge in [-0.2, -0.15) is 0 Å². The highest BCUT2D eigenvalue weighted by Crippen LogP contribution is 2.28. The van der Waals surface area contributed by atoms with E-state index in [2.05, 4.69) is 37.4 Å². The molecule has 0 aliphatic carbocycles. The molecule has 0 radical (unpaired) electrons. The number of methoxy groups -OCH3 is 1. The van der Waals surface area contributed by atoms with E-state index in [9.17, 15) is 0 Å². The Kier molecular flexibility index (Phi) is 6.65. The van der Waals surface area contributed by atoms with Gasteiger partial charge in [-0.25, -0.2) is 0 Å². The van der Waals surface area contributed by atoms with Crippen LogP contribution in [0.4, 0.5) is 5.69 Å². The fraction of sp³-hybridized carbons (Fsp3) is 0.350. The fourth-order valence-electron chi connectivity index (χ4n) is 2.70. The van der Waals surface area contributed by atoms with E-state index >= 15 is 0 Å². The molecule has 4 nitrogen and oxygen atoms in total. The minimum atomic E-state index is 0.611. The number of anilines is 1. The van der Waals surface area contributed by atoms with E-state index in [1.807, 2.05) is 37.1 Å². The zero-order valence-corrected chi connectivity index (χ0v) is 16.4. The molecule has 0 heterocycles. The fourth-order valence-corrected chi connectivity index (χ4v) is 2.88. The highest BCUT2D eigenvalue weighted by atomic mass is 32.1. The number of thiocarbonyl (C=S) groups is 1. The molecule has 0 saturated carbocycles. The summed E-state index contributed by atoms with van der Waals surface area (Å²) in [5.41, 5.74) is 4.54. The van der Waals surface area contributed by atoms with Crippen LogP contribution in [-0.4, -0.2) is 30.8 Å². The first-order chi connectivity index (χ1) is 11.9. The number of ether oxygens (including phenoxy) is 2.